The molecule has 0 aliphatic carbocycles. The Morgan fingerprint density at radius 2 is 1.72 bits per heavy atom. The molecule has 0 fully saturated rings. The highest BCUT2D eigenvalue weighted by atomic mass is 35.5. The van der Waals surface area contributed by atoms with Gasteiger partial charge in [-0.2, -0.15) is 0 Å². The van der Waals surface area contributed by atoms with Gasteiger partial charge in [-0.3, -0.25) is 14.6 Å². The van der Waals surface area contributed by atoms with E-state index >= 15 is 0 Å². The van der Waals surface area contributed by atoms with Crippen molar-refractivity contribution in [2.75, 3.05) is 16.9 Å². The third kappa shape index (κ3) is 5.18. The maximum Gasteiger partial charge on any atom is 0.274 e. The summed E-state index contributed by atoms with van der Waals surface area (Å²) in [6.07, 6.45) is 2.58. The fraction of sp³-hybridized carbons (Fsp3) is 0.0500. The van der Waals surface area contributed by atoms with E-state index in [0.717, 1.165) is 6.26 Å². The van der Waals surface area contributed by atoms with E-state index in [1.54, 1.807) is 24.3 Å². The molecule has 0 radical (unpaired) electrons. The van der Waals surface area contributed by atoms with Crippen molar-refractivity contribution < 1.29 is 18.0 Å². The minimum atomic E-state index is -3.43. The van der Waals surface area contributed by atoms with Gasteiger partial charge in [0.05, 0.1) is 15.6 Å². The standard InChI is InChI=1S/C20H16ClN3O4S/c1-29(27,28)15-6-4-5-13(11-15)19(25)24-17-9-8-14(12-16(17)21)23-20(26)18-7-2-3-10-22-18/h2-12H,1H3,(H,23,26)(H,24,25). The van der Waals surface area contributed by atoms with Crippen LogP contribution in [0.2, 0.25) is 5.02 Å². The van der Waals surface area contributed by atoms with Gasteiger partial charge in [0, 0.05) is 23.7 Å². The van der Waals surface area contributed by atoms with Gasteiger partial charge in [0.2, 0.25) is 0 Å². The Morgan fingerprint density at radius 3 is 2.38 bits per heavy atom. The third-order valence-corrected chi connectivity index (χ3v) is 5.32. The Labute approximate surface area is 172 Å². The van der Waals surface area contributed by atoms with Crippen molar-refractivity contribution in [2.24, 2.45) is 0 Å². The summed E-state index contributed by atoms with van der Waals surface area (Å²) in [5.74, 6) is -0.904. The molecule has 0 aliphatic rings. The van der Waals surface area contributed by atoms with Crippen LogP contribution in [-0.2, 0) is 9.84 Å². The van der Waals surface area contributed by atoms with Crippen LogP contribution in [0.15, 0.2) is 71.8 Å². The lowest BCUT2D eigenvalue weighted by atomic mass is 10.2. The first-order valence-corrected chi connectivity index (χ1v) is 10.6. The van der Waals surface area contributed by atoms with Gasteiger partial charge in [-0.15, -0.1) is 0 Å². The van der Waals surface area contributed by atoms with Crippen LogP contribution in [0.1, 0.15) is 20.8 Å². The second kappa shape index (κ2) is 8.42. The number of nitrogens with zero attached hydrogens (tertiary/aromatic N) is 1. The van der Waals surface area contributed by atoms with Crippen LogP contribution < -0.4 is 10.6 Å². The third-order valence-electron chi connectivity index (χ3n) is 3.90. The second-order valence-corrected chi connectivity index (χ2v) is 8.54. The van der Waals surface area contributed by atoms with Crippen molar-refractivity contribution in [1.82, 2.24) is 4.98 Å². The number of hydrogen-bond donors (Lipinski definition) is 2. The first kappa shape index (κ1) is 20.5. The predicted octanol–water partition coefficient (Wildman–Crippen LogP) is 3.64. The van der Waals surface area contributed by atoms with Crippen molar-refractivity contribution >= 4 is 44.6 Å². The number of benzene rings is 2. The molecule has 1 aromatic heterocycles. The van der Waals surface area contributed by atoms with Crippen LogP contribution in [-0.4, -0.2) is 31.5 Å². The highest BCUT2D eigenvalue weighted by molar-refractivity contribution is 7.90. The number of amides is 2. The van der Waals surface area contributed by atoms with Gasteiger partial charge in [-0.25, -0.2) is 8.42 Å². The van der Waals surface area contributed by atoms with Crippen LogP contribution in [0, 0.1) is 0 Å². The molecule has 2 amide bonds. The SMILES string of the molecule is CS(=O)(=O)c1cccc(C(=O)Nc2ccc(NC(=O)c3ccccn3)cc2Cl)c1. The number of sulfone groups is 1. The minimum absolute atomic E-state index is 0.0452. The Bertz CT molecular complexity index is 1180. The number of anilines is 2. The molecule has 1 heterocycles. The topological polar surface area (TPSA) is 105 Å². The fourth-order valence-electron chi connectivity index (χ4n) is 2.45. The Kier molecular flexibility index (Phi) is 5.95. The normalized spacial score (nSPS) is 11.0. The van der Waals surface area contributed by atoms with Gasteiger partial charge in [0.15, 0.2) is 9.84 Å². The minimum Gasteiger partial charge on any atom is -0.321 e. The average Bonchev–Trinajstić information content (AvgIpc) is 2.70. The van der Waals surface area contributed by atoms with Crippen LogP contribution in [0.25, 0.3) is 0 Å². The predicted molar refractivity (Wildman–Crippen MR) is 111 cm³/mol. The molecular weight excluding hydrogens is 414 g/mol. The molecule has 7 nitrogen and oxygen atoms in total. The van der Waals surface area contributed by atoms with Gasteiger partial charge in [-0.05, 0) is 48.5 Å². The van der Waals surface area contributed by atoms with E-state index in [4.69, 9.17) is 11.6 Å². The molecule has 29 heavy (non-hydrogen) atoms. The van der Waals surface area contributed by atoms with E-state index in [1.165, 1.54) is 42.6 Å². The second-order valence-electron chi connectivity index (χ2n) is 6.12. The number of nitrogens with one attached hydrogen (secondary N) is 2. The summed E-state index contributed by atoms with van der Waals surface area (Å²) in [4.78, 5) is 28.6. The largest absolute Gasteiger partial charge is 0.321 e. The molecule has 0 unspecified atom stereocenters. The number of aromatic nitrogens is 1. The molecule has 3 rings (SSSR count). The molecule has 0 aliphatic heterocycles. The number of carbonyl (C=O) groups is 2. The number of halogens is 1. The summed E-state index contributed by atoms with van der Waals surface area (Å²) < 4.78 is 23.3. The first-order valence-electron chi connectivity index (χ1n) is 8.37. The van der Waals surface area contributed by atoms with E-state index < -0.39 is 21.7 Å². The van der Waals surface area contributed by atoms with Crippen LogP contribution >= 0.6 is 11.6 Å². The summed E-state index contributed by atoms with van der Waals surface area (Å²) in [6, 6.07) is 15.3. The highest BCUT2D eigenvalue weighted by Gasteiger charge is 2.14. The van der Waals surface area contributed by atoms with Crippen LogP contribution in [0.4, 0.5) is 11.4 Å². The van der Waals surface area contributed by atoms with E-state index in [-0.39, 0.29) is 21.2 Å². The molecule has 2 aromatic carbocycles. The average molecular weight is 430 g/mol. The lowest BCUT2D eigenvalue weighted by molar-refractivity contribution is 0.101. The summed E-state index contributed by atoms with van der Waals surface area (Å²) in [6.45, 7) is 0. The summed E-state index contributed by atoms with van der Waals surface area (Å²) in [5.41, 5.74) is 1.18. The maximum atomic E-state index is 12.5. The quantitative estimate of drug-likeness (QED) is 0.644. The Balaban J connectivity index is 1.74. The van der Waals surface area contributed by atoms with Gasteiger partial charge in [-0.1, -0.05) is 23.7 Å². The fourth-order valence-corrected chi connectivity index (χ4v) is 3.34. The molecular formula is C20H16ClN3O4S. The molecule has 3 aromatic rings. The van der Waals surface area contributed by atoms with E-state index in [2.05, 4.69) is 15.6 Å². The summed E-state index contributed by atoms with van der Waals surface area (Å²) in [7, 11) is -3.43. The zero-order valence-electron chi connectivity index (χ0n) is 15.2. The van der Waals surface area contributed by atoms with Gasteiger partial charge < -0.3 is 10.6 Å². The highest BCUT2D eigenvalue weighted by Crippen LogP contribution is 2.26. The molecule has 0 bridgehead atoms. The number of rotatable bonds is 5. The number of hydrogen-bond acceptors (Lipinski definition) is 5. The van der Waals surface area contributed by atoms with Crippen molar-refractivity contribution in [3.63, 3.8) is 0 Å². The van der Waals surface area contributed by atoms with Crippen molar-refractivity contribution in [2.45, 2.75) is 4.90 Å². The van der Waals surface area contributed by atoms with Crippen molar-refractivity contribution in [3.8, 4) is 0 Å². The van der Waals surface area contributed by atoms with Crippen molar-refractivity contribution in [3.05, 3.63) is 83.1 Å². The molecule has 0 saturated carbocycles. The van der Waals surface area contributed by atoms with Crippen LogP contribution in [0.3, 0.4) is 0 Å². The van der Waals surface area contributed by atoms with E-state index in [9.17, 15) is 18.0 Å². The Morgan fingerprint density at radius 1 is 0.931 bits per heavy atom. The van der Waals surface area contributed by atoms with Crippen molar-refractivity contribution in [1.29, 1.82) is 0 Å². The molecule has 9 heteroatoms. The molecule has 0 spiro atoms. The van der Waals surface area contributed by atoms with Crippen LogP contribution in [0.5, 0.6) is 0 Å². The van der Waals surface area contributed by atoms with Gasteiger partial charge in [0.25, 0.3) is 11.8 Å². The maximum absolute atomic E-state index is 12.5. The summed E-state index contributed by atoms with van der Waals surface area (Å²) in [5, 5.41) is 5.50. The van der Waals surface area contributed by atoms with E-state index in [0.29, 0.717) is 11.4 Å². The lowest BCUT2D eigenvalue weighted by Crippen LogP contribution is -2.14. The zero-order valence-corrected chi connectivity index (χ0v) is 16.8. The molecule has 0 saturated heterocycles. The lowest BCUT2D eigenvalue weighted by Gasteiger charge is -2.10. The first-order chi connectivity index (χ1) is 13.7. The monoisotopic (exact) mass is 429 g/mol. The van der Waals surface area contributed by atoms with Gasteiger partial charge in [0.1, 0.15) is 5.69 Å². The van der Waals surface area contributed by atoms with Gasteiger partial charge >= 0.3 is 0 Å². The van der Waals surface area contributed by atoms with E-state index in [1.807, 2.05) is 0 Å². The zero-order chi connectivity index (χ0) is 21.0. The molecule has 0 atom stereocenters. The number of carbonyl (C=O) groups excluding carboxylic acids is 2. The molecule has 2 N–H and O–H groups in total. The number of pyridine rings is 1. The summed E-state index contributed by atoms with van der Waals surface area (Å²) >= 11 is 6.22. The smallest absolute Gasteiger partial charge is 0.274 e. The molecule has 148 valence electrons. The Hall–Kier alpha value is -3.23.